The second-order valence-electron chi connectivity index (χ2n) is 7.96. The second-order valence-corrected chi connectivity index (χ2v) is 7.96. The summed E-state index contributed by atoms with van der Waals surface area (Å²) in [4.78, 5) is 27.7. The van der Waals surface area contributed by atoms with Crippen molar-refractivity contribution in [3.05, 3.63) is 53.1 Å². The number of ether oxygens (including phenoxy) is 3. The smallest absolute Gasteiger partial charge is 0.254 e. The first-order chi connectivity index (χ1) is 16.0. The highest BCUT2D eigenvalue weighted by atomic mass is 16.5. The molecule has 1 fully saturated rings. The zero-order chi connectivity index (χ0) is 23.8. The molecule has 7 nitrogen and oxygen atoms in total. The van der Waals surface area contributed by atoms with Gasteiger partial charge in [-0.1, -0.05) is 18.2 Å². The monoisotopic (exact) mass is 454 g/mol. The third-order valence-corrected chi connectivity index (χ3v) is 5.66. The number of nitrogens with zero attached hydrogens (tertiary/aromatic N) is 1. The van der Waals surface area contributed by atoms with Gasteiger partial charge in [0.2, 0.25) is 5.75 Å². The van der Waals surface area contributed by atoms with E-state index in [2.05, 4.69) is 5.32 Å². The highest BCUT2D eigenvalue weighted by molar-refractivity contribution is 5.96. The first-order valence-electron chi connectivity index (χ1n) is 11.7. The Morgan fingerprint density at radius 2 is 1.52 bits per heavy atom. The van der Waals surface area contributed by atoms with Gasteiger partial charge in [0.1, 0.15) is 0 Å². The molecule has 1 aliphatic rings. The van der Waals surface area contributed by atoms with Gasteiger partial charge in [0.05, 0.1) is 19.8 Å². The first-order valence-corrected chi connectivity index (χ1v) is 11.7. The lowest BCUT2D eigenvalue weighted by molar-refractivity contribution is 0.0697. The van der Waals surface area contributed by atoms with Crippen molar-refractivity contribution in [2.45, 2.75) is 46.6 Å². The molecule has 0 aliphatic carbocycles. The molecule has 0 bridgehead atoms. The molecule has 2 amide bonds. The number of aryl methyl sites for hydroxylation is 1. The SMILES string of the molecule is CCOc1cc(C(=O)N2CCC(NC(=O)c3ccccc3C)CC2)cc(OCC)c1OCC. The van der Waals surface area contributed by atoms with E-state index in [1.807, 2.05) is 56.9 Å². The topological polar surface area (TPSA) is 77.1 Å². The summed E-state index contributed by atoms with van der Waals surface area (Å²) in [5.74, 6) is 1.40. The predicted molar refractivity (Wildman–Crippen MR) is 128 cm³/mol. The summed E-state index contributed by atoms with van der Waals surface area (Å²) >= 11 is 0. The van der Waals surface area contributed by atoms with E-state index in [-0.39, 0.29) is 17.9 Å². The Balaban J connectivity index is 1.68. The van der Waals surface area contributed by atoms with Gasteiger partial charge in [0, 0.05) is 30.3 Å². The maximum Gasteiger partial charge on any atom is 0.254 e. The van der Waals surface area contributed by atoms with Crippen LogP contribution in [0.4, 0.5) is 0 Å². The molecule has 1 saturated heterocycles. The summed E-state index contributed by atoms with van der Waals surface area (Å²) in [5, 5.41) is 3.12. The molecule has 1 aliphatic heterocycles. The van der Waals surface area contributed by atoms with Crippen LogP contribution in [0, 0.1) is 6.92 Å². The van der Waals surface area contributed by atoms with Crippen LogP contribution >= 0.6 is 0 Å². The fraction of sp³-hybridized carbons (Fsp3) is 0.462. The molecule has 33 heavy (non-hydrogen) atoms. The van der Waals surface area contributed by atoms with Gasteiger partial charge in [-0.05, 0) is 64.3 Å². The third-order valence-electron chi connectivity index (χ3n) is 5.66. The zero-order valence-electron chi connectivity index (χ0n) is 20.0. The lowest BCUT2D eigenvalue weighted by Crippen LogP contribution is -2.46. The number of nitrogens with one attached hydrogen (secondary N) is 1. The van der Waals surface area contributed by atoms with Crippen molar-refractivity contribution in [3.8, 4) is 17.2 Å². The van der Waals surface area contributed by atoms with Gasteiger partial charge >= 0.3 is 0 Å². The average molecular weight is 455 g/mol. The summed E-state index contributed by atoms with van der Waals surface area (Å²) in [6.45, 7) is 10.1. The van der Waals surface area contributed by atoms with Gasteiger partial charge in [0.25, 0.3) is 11.8 Å². The van der Waals surface area contributed by atoms with Gasteiger partial charge < -0.3 is 24.4 Å². The van der Waals surface area contributed by atoms with Crippen LogP contribution in [-0.4, -0.2) is 55.7 Å². The largest absolute Gasteiger partial charge is 0.490 e. The second kappa shape index (κ2) is 11.6. The number of hydrogen-bond acceptors (Lipinski definition) is 5. The molecule has 0 atom stereocenters. The van der Waals surface area contributed by atoms with Crippen molar-refractivity contribution in [1.82, 2.24) is 10.2 Å². The number of carbonyl (C=O) groups excluding carboxylic acids is 2. The maximum atomic E-state index is 13.3. The van der Waals surface area contributed by atoms with Crippen LogP contribution in [0.5, 0.6) is 17.2 Å². The minimum Gasteiger partial charge on any atom is -0.490 e. The van der Waals surface area contributed by atoms with Crippen LogP contribution < -0.4 is 19.5 Å². The maximum absolute atomic E-state index is 13.3. The molecule has 7 heteroatoms. The Morgan fingerprint density at radius 1 is 0.939 bits per heavy atom. The number of hydrogen-bond donors (Lipinski definition) is 1. The van der Waals surface area contributed by atoms with Gasteiger partial charge in [-0.15, -0.1) is 0 Å². The quantitative estimate of drug-likeness (QED) is 0.614. The van der Waals surface area contributed by atoms with Crippen molar-refractivity contribution in [3.63, 3.8) is 0 Å². The van der Waals surface area contributed by atoms with Crippen molar-refractivity contribution in [1.29, 1.82) is 0 Å². The zero-order valence-corrected chi connectivity index (χ0v) is 20.0. The Bertz CT molecular complexity index is 940. The summed E-state index contributed by atoms with van der Waals surface area (Å²) in [6, 6.07) is 11.1. The fourth-order valence-corrected chi connectivity index (χ4v) is 4.01. The van der Waals surface area contributed by atoms with E-state index >= 15 is 0 Å². The van der Waals surface area contributed by atoms with Crippen molar-refractivity contribution < 1.29 is 23.8 Å². The standard InChI is InChI=1S/C26H34N2O5/c1-5-31-22-16-19(17-23(32-6-2)24(22)33-7-3)26(30)28-14-12-20(13-15-28)27-25(29)21-11-9-8-10-18(21)4/h8-11,16-17,20H,5-7,12-15H2,1-4H3,(H,27,29). The van der Waals surface area contributed by atoms with Crippen LogP contribution in [-0.2, 0) is 0 Å². The molecule has 3 rings (SSSR count). The Hall–Kier alpha value is -3.22. The molecule has 0 aromatic heterocycles. The van der Waals surface area contributed by atoms with E-state index in [1.165, 1.54) is 0 Å². The number of carbonyl (C=O) groups is 2. The van der Waals surface area contributed by atoms with E-state index < -0.39 is 0 Å². The average Bonchev–Trinajstić information content (AvgIpc) is 2.81. The van der Waals surface area contributed by atoms with Crippen LogP contribution in [0.2, 0.25) is 0 Å². The third kappa shape index (κ3) is 5.97. The van der Waals surface area contributed by atoms with Gasteiger partial charge in [0.15, 0.2) is 11.5 Å². The van der Waals surface area contributed by atoms with Crippen LogP contribution in [0.1, 0.15) is 59.9 Å². The summed E-state index contributed by atoms with van der Waals surface area (Å²) in [7, 11) is 0. The van der Waals surface area contributed by atoms with E-state index in [0.717, 1.165) is 5.56 Å². The molecule has 2 aromatic carbocycles. The van der Waals surface area contributed by atoms with Crippen LogP contribution in [0.15, 0.2) is 36.4 Å². The molecule has 0 unspecified atom stereocenters. The number of likely N-dealkylation sites (tertiary alicyclic amines) is 1. The molecule has 2 aromatic rings. The van der Waals surface area contributed by atoms with Crippen molar-refractivity contribution in [2.24, 2.45) is 0 Å². The van der Waals surface area contributed by atoms with E-state index in [0.29, 0.717) is 74.1 Å². The fourth-order valence-electron chi connectivity index (χ4n) is 4.01. The minimum atomic E-state index is -0.0800. The van der Waals surface area contributed by atoms with E-state index in [4.69, 9.17) is 14.2 Å². The summed E-state index contributed by atoms with van der Waals surface area (Å²) < 4.78 is 17.2. The number of amides is 2. The molecule has 178 valence electrons. The molecular weight excluding hydrogens is 420 g/mol. The van der Waals surface area contributed by atoms with Crippen molar-refractivity contribution >= 4 is 11.8 Å². The highest BCUT2D eigenvalue weighted by Crippen LogP contribution is 2.39. The number of benzene rings is 2. The van der Waals surface area contributed by atoms with Gasteiger partial charge in [-0.25, -0.2) is 0 Å². The van der Waals surface area contributed by atoms with Crippen LogP contribution in [0.3, 0.4) is 0 Å². The Morgan fingerprint density at radius 3 is 2.06 bits per heavy atom. The Labute approximate surface area is 196 Å². The molecule has 1 N–H and O–H groups in total. The number of piperidine rings is 1. The summed E-state index contributed by atoms with van der Waals surface area (Å²) in [6.07, 6.45) is 1.41. The summed E-state index contributed by atoms with van der Waals surface area (Å²) in [5.41, 5.74) is 2.15. The van der Waals surface area contributed by atoms with Crippen molar-refractivity contribution in [2.75, 3.05) is 32.9 Å². The normalized spacial score (nSPS) is 14.0. The number of rotatable bonds is 9. The van der Waals surface area contributed by atoms with Gasteiger partial charge in [-0.3, -0.25) is 9.59 Å². The minimum absolute atomic E-state index is 0.0412. The lowest BCUT2D eigenvalue weighted by atomic mass is 10.0. The Kier molecular flexibility index (Phi) is 8.58. The molecular formula is C26H34N2O5. The van der Waals surface area contributed by atoms with Gasteiger partial charge in [-0.2, -0.15) is 0 Å². The first kappa shape index (κ1) is 24.4. The molecule has 0 saturated carbocycles. The van der Waals surface area contributed by atoms with E-state index in [9.17, 15) is 9.59 Å². The molecule has 0 spiro atoms. The lowest BCUT2D eigenvalue weighted by Gasteiger charge is -2.32. The molecule has 0 radical (unpaired) electrons. The van der Waals surface area contributed by atoms with E-state index in [1.54, 1.807) is 12.1 Å². The highest BCUT2D eigenvalue weighted by Gasteiger charge is 2.27. The van der Waals surface area contributed by atoms with Crippen LogP contribution in [0.25, 0.3) is 0 Å². The molecule has 1 heterocycles. The predicted octanol–water partition coefficient (Wildman–Crippen LogP) is 4.23.